The highest BCUT2D eigenvalue weighted by Gasteiger charge is 2.19. The molecule has 0 aliphatic carbocycles. The maximum absolute atomic E-state index is 12.5. The van der Waals surface area contributed by atoms with Gasteiger partial charge in [-0.15, -0.1) is 0 Å². The molecule has 0 amide bonds. The van der Waals surface area contributed by atoms with E-state index in [4.69, 9.17) is 14.2 Å². The second kappa shape index (κ2) is 43.9. The molecule has 1 atom stereocenters. The number of hydrogen-bond acceptors (Lipinski definition) is 6. The van der Waals surface area contributed by atoms with Crippen LogP contribution < -0.4 is 0 Å². The standard InChI is InChI=1S/C48H90O6/c1-4-7-10-13-15-16-17-18-19-20-21-22-23-24-25-26-27-28-29-30-31-32-33-36-38-41-47(50)53-44-45(43-52-46(49)40-37-34-12-9-6-3)54-48(51)42-39-35-14-11-8-5-2/h20-21,45H,4-19,22-44H2,1-3H3/b21-20-. The van der Waals surface area contributed by atoms with Crippen molar-refractivity contribution >= 4 is 17.9 Å². The summed E-state index contributed by atoms with van der Waals surface area (Å²) in [5, 5.41) is 0. The SMILES string of the molecule is CCCCCCCCCC/C=C\CCCCCCCCCCCCCCCC(=O)OCC(COC(=O)CCCCCCC)OC(=O)CCCCCCCC. The Balaban J connectivity index is 3.88. The molecule has 0 fully saturated rings. The molecule has 0 aromatic heterocycles. The van der Waals surface area contributed by atoms with E-state index in [2.05, 4.69) is 32.9 Å². The third-order valence-corrected chi connectivity index (χ3v) is 10.5. The van der Waals surface area contributed by atoms with E-state index in [1.807, 2.05) is 0 Å². The zero-order chi connectivity index (χ0) is 39.4. The number of allylic oxidation sites excluding steroid dienone is 2. The smallest absolute Gasteiger partial charge is 0.306 e. The zero-order valence-electron chi connectivity index (χ0n) is 36.3. The lowest BCUT2D eigenvalue weighted by Crippen LogP contribution is -2.30. The molecule has 0 saturated carbocycles. The molecule has 6 nitrogen and oxygen atoms in total. The van der Waals surface area contributed by atoms with Crippen LogP contribution in [0.3, 0.4) is 0 Å². The molecule has 6 heteroatoms. The minimum absolute atomic E-state index is 0.0678. The van der Waals surface area contributed by atoms with Crippen LogP contribution in [0.25, 0.3) is 0 Å². The summed E-state index contributed by atoms with van der Waals surface area (Å²) in [5.74, 6) is -0.886. The highest BCUT2D eigenvalue weighted by Crippen LogP contribution is 2.15. The van der Waals surface area contributed by atoms with Crippen molar-refractivity contribution in [2.75, 3.05) is 13.2 Å². The number of hydrogen-bond donors (Lipinski definition) is 0. The minimum Gasteiger partial charge on any atom is -0.462 e. The van der Waals surface area contributed by atoms with Gasteiger partial charge in [-0.2, -0.15) is 0 Å². The summed E-state index contributed by atoms with van der Waals surface area (Å²) < 4.78 is 16.5. The van der Waals surface area contributed by atoms with Gasteiger partial charge in [0.1, 0.15) is 13.2 Å². The van der Waals surface area contributed by atoms with E-state index < -0.39 is 6.10 Å². The van der Waals surface area contributed by atoms with Crippen molar-refractivity contribution in [3.8, 4) is 0 Å². The van der Waals surface area contributed by atoms with Crippen LogP contribution in [0, 0.1) is 0 Å². The van der Waals surface area contributed by atoms with Crippen LogP contribution in [-0.2, 0) is 28.6 Å². The largest absolute Gasteiger partial charge is 0.462 e. The number of ether oxygens (including phenoxy) is 3. The fourth-order valence-corrected chi connectivity index (χ4v) is 6.91. The maximum Gasteiger partial charge on any atom is 0.306 e. The summed E-state index contributed by atoms with van der Waals surface area (Å²) in [5.41, 5.74) is 0. The van der Waals surface area contributed by atoms with Crippen molar-refractivity contribution in [3.05, 3.63) is 12.2 Å². The number of carbonyl (C=O) groups excluding carboxylic acids is 3. The molecule has 54 heavy (non-hydrogen) atoms. The molecule has 1 unspecified atom stereocenters. The molecule has 0 bridgehead atoms. The van der Waals surface area contributed by atoms with Crippen molar-refractivity contribution in [2.24, 2.45) is 0 Å². The second-order valence-corrected chi connectivity index (χ2v) is 16.0. The van der Waals surface area contributed by atoms with Gasteiger partial charge in [-0.3, -0.25) is 14.4 Å². The molecule has 0 heterocycles. The zero-order valence-corrected chi connectivity index (χ0v) is 36.3. The van der Waals surface area contributed by atoms with Gasteiger partial charge in [-0.25, -0.2) is 0 Å². The number of carbonyl (C=O) groups is 3. The highest BCUT2D eigenvalue weighted by molar-refractivity contribution is 5.71. The van der Waals surface area contributed by atoms with Gasteiger partial charge in [0.2, 0.25) is 0 Å². The van der Waals surface area contributed by atoms with Crippen LogP contribution in [0.4, 0.5) is 0 Å². The van der Waals surface area contributed by atoms with Crippen LogP contribution in [0.15, 0.2) is 12.2 Å². The Bertz CT molecular complexity index is 839. The van der Waals surface area contributed by atoms with E-state index in [-0.39, 0.29) is 31.1 Å². The van der Waals surface area contributed by atoms with Crippen LogP contribution >= 0.6 is 0 Å². The normalized spacial score (nSPS) is 12.0. The molecule has 0 aliphatic heterocycles. The second-order valence-electron chi connectivity index (χ2n) is 16.0. The molecule has 0 rings (SSSR count). The first-order valence-corrected chi connectivity index (χ1v) is 23.7. The van der Waals surface area contributed by atoms with Gasteiger partial charge < -0.3 is 14.2 Å². The Morgan fingerprint density at radius 2 is 0.611 bits per heavy atom. The van der Waals surface area contributed by atoms with Crippen LogP contribution in [0.5, 0.6) is 0 Å². The predicted octanol–water partition coefficient (Wildman–Crippen LogP) is 15.0. The van der Waals surface area contributed by atoms with Crippen molar-refractivity contribution in [1.82, 2.24) is 0 Å². The molecule has 0 aromatic carbocycles. The maximum atomic E-state index is 12.5. The summed E-state index contributed by atoms with van der Waals surface area (Å²) >= 11 is 0. The van der Waals surface area contributed by atoms with Crippen molar-refractivity contribution in [1.29, 1.82) is 0 Å². The molecule has 318 valence electrons. The molecular weight excluding hydrogens is 673 g/mol. The lowest BCUT2D eigenvalue weighted by Gasteiger charge is -2.18. The lowest BCUT2D eigenvalue weighted by atomic mass is 10.0. The van der Waals surface area contributed by atoms with Gasteiger partial charge >= 0.3 is 17.9 Å². The van der Waals surface area contributed by atoms with Crippen molar-refractivity contribution in [2.45, 2.75) is 264 Å². The number of rotatable bonds is 43. The quantitative estimate of drug-likeness (QED) is 0.0266. The van der Waals surface area contributed by atoms with Crippen molar-refractivity contribution < 1.29 is 28.6 Å². The van der Waals surface area contributed by atoms with Gasteiger partial charge in [-0.05, 0) is 44.9 Å². The first-order chi connectivity index (χ1) is 26.5. The average Bonchev–Trinajstić information content (AvgIpc) is 3.17. The first kappa shape index (κ1) is 52.2. The van der Waals surface area contributed by atoms with Gasteiger partial charge in [0.05, 0.1) is 0 Å². The van der Waals surface area contributed by atoms with Gasteiger partial charge in [0, 0.05) is 19.3 Å². The van der Waals surface area contributed by atoms with Gasteiger partial charge in [0.25, 0.3) is 0 Å². The van der Waals surface area contributed by atoms with E-state index in [9.17, 15) is 14.4 Å². The van der Waals surface area contributed by atoms with Crippen LogP contribution in [-0.4, -0.2) is 37.2 Å². The number of unbranched alkanes of at least 4 members (excludes halogenated alkanes) is 30. The van der Waals surface area contributed by atoms with E-state index in [0.717, 1.165) is 64.2 Å². The molecule has 0 aliphatic rings. The Morgan fingerprint density at radius 1 is 0.352 bits per heavy atom. The summed E-state index contributed by atoms with van der Waals surface area (Å²) in [6.07, 6.45) is 47.0. The predicted molar refractivity (Wildman–Crippen MR) is 229 cm³/mol. The van der Waals surface area contributed by atoms with Gasteiger partial charge in [-0.1, -0.05) is 206 Å². The average molecular weight is 763 g/mol. The first-order valence-electron chi connectivity index (χ1n) is 23.7. The lowest BCUT2D eigenvalue weighted by molar-refractivity contribution is -0.167. The van der Waals surface area contributed by atoms with Crippen LogP contribution in [0.2, 0.25) is 0 Å². The van der Waals surface area contributed by atoms with E-state index in [1.165, 1.54) is 154 Å². The summed E-state index contributed by atoms with van der Waals surface area (Å²) in [7, 11) is 0. The molecule has 0 aromatic rings. The Labute approximate surface area is 335 Å². The van der Waals surface area contributed by atoms with Gasteiger partial charge in [0.15, 0.2) is 6.10 Å². The molecule has 0 saturated heterocycles. The Morgan fingerprint density at radius 3 is 0.926 bits per heavy atom. The summed E-state index contributed by atoms with van der Waals surface area (Å²) in [4.78, 5) is 37.2. The third-order valence-electron chi connectivity index (χ3n) is 10.5. The summed E-state index contributed by atoms with van der Waals surface area (Å²) in [6.45, 7) is 6.50. The van der Waals surface area contributed by atoms with E-state index in [1.54, 1.807) is 0 Å². The molecule has 0 N–H and O–H groups in total. The van der Waals surface area contributed by atoms with E-state index in [0.29, 0.717) is 19.3 Å². The van der Waals surface area contributed by atoms with E-state index >= 15 is 0 Å². The Kier molecular flexibility index (Phi) is 42.4. The topological polar surface area (TPSA) is 78.9 Å². The summed E-state index contributed by atoms with van der Waals surface area (Å²) in [6, 6.07) is 0. The molecular formula is C48H90O6. The molecule has 0 radical (unpaired) electrons. The highest BCUT2D eigenvalue weighted by atomic mass is 16.6. The Hall–Kier alpha value is -1.85. The third kappa shape index (κ3) is 41.3. The fraction of sp³-hybridized carbons (Fsp3) is 0.896. The number of esters is 3. The monoisotopic (exact) mass is 763 g/mol. The van der Waals surface area contributed by atoms with Crippen molar-refractivity contribution in [3.63, 3.8) is 0 Å². The van der Waals surface area contributed by atoms with Crippen LogP contribution in [0.1, 0.15) is 258 Å². The molecule has 0 spiro atoms. The minimum atomic E-state index is -0.757. The fourth-order valence-electron chi connectivity index (χ4n) is 6.91.